The van der Waals surface area contributed by atoms with Gasteiger partial charge in [-0.15, -0.1) is 11.3 Å². The summed E-state index contributed by atoms with van der Waals surface area (Å²) in [6.45, 7) is 10.9. The van der Waals surface area contributed by atoms with Gasteiger partial charge in [0, 0.05) is 19.0 Å². The maximum absolute atomic E-state index is 5.23. The van der Waals surface area contributed by atoms with Gasteiger partial charge in [0.05, 0.1) is 17.8 Å². The number of ether oxygens (including phenoxy) is 1. The van der Waals surface area contributed by atoms with E-state index in [1.165, 1.54) is 30.0 Å². The number of hydrogen-bond donors (Lipinski definition) is 1. The second-order valence-corrected chi connectivity index (χ2v) is 7.79. The van der Waals surface area contributed by atoms with E-state index in [-0.39, 0.29) is 5.54 Å². The first-order chi connectivity index (χ1) is 9.98. The molecule has 0 amide bonds. The molecule has 2 rings (SSSR count). The van der Waals surface area contributed by atoms with E-state index in [2.05, 4.69) is 38.4 Å². The summed E-state index contributed by atoms with van der Waals surface area (Å²) in [7, 11) is 1.76. The Bertz CT molecular complexity index is 446. The summed E-state index contributed by atoms with van der Waals surface area (Å²) in [5.74, 6) is 2.05. The second-order valence-electron chi connectivity index (χ2n) is 6.93. The fourth-order valence-corrected chi connectivity index (χ4v) is 4.40. The van der Waals surface area contributed by atoms with Crippen molar-refractivity contribution < 1.29 is 4.74 Å². The Labute approximate surface area is 133 Å². The van der Waals surface area contributed by atoms with Crippen LogP contribution in [-0.2, 0) is 10.3 Å². The zero-order valence-electron chi connectivity index (χ0n) is 14.1. The highest BCUT2D eigenvalue weighted by molar-refractivity contribution is 7.09. The number of nitrogens with zero attached hydrogens (tertiary/aromatic N) is 1. The van der Waals surface area contributed by atoms with E-state index < -0.39 is 0 Å². The van der Waals surface area contributed by atoms with Crippen molar-refractivity contribution in [2.75, 3.05) is 20.3 Å². The summed E-state index contributed by atoms with van der Waals surface area (Å²) in [5, 5.41) is 7.30. The van der Waals surface area contributed by atoms with E-state index in [4.69, 9.17) is 9.72 Å². The molecule has 1 aromatic heterocycles. The Hall–Kier alpha value is -0.450. The predicted octanol–water partition coefficient (Wildman–Crippen LogP) is 4.15. The first kappa shape index (κ1) is 16.9. The van der Waals surface area contributed by atoms with Gasteiger partial charge in [0.15, 0.2) is 0 Å². The van der Waals surface area contributed by atoms with Gasteiger partial charge in [-0.2, -0.15) is 0 Å². The molecule has 3 unspecified atom stereocenters. The van der Waals surface area contributed by atoms with Crippen LogP contribution in [0, 0.1) is 11.8 Å². The molecule has 1 aliphatic carbocycles. The van der Waals surface area contributed by atoms with Gasteiger partial charge in [-0.25, -0.2) is 4.98 Å². The van der Waals surface area contributed by atoms with E-state index in [9.17, 15) is 0 Å². The number of rotatable bonds is 6. The maximum atomic E-state index is 5.23. The third-order valence-corrected chi connectivity index (χ3v) is 6.03. The second kappa shape index (κ2) is 7.21. The van der Waals surface area contributed by atoms with Crippen LogP contribution in [0.1, 0.15) is 63.6 Å². The number of thiazole rings is 1. The molecule has 0 radical (unpaired) electrons. The van der Waals surface area contributed by atoms with Gasteiger partial charge < -0.3 is 10.1 Å². The van der Waals surface area contributed by atoms with Crippen molar-refractivity contribution in [1.82, 2.24) is 10.3 Å². The van der Waals surface area contributed by atoms with Gasteiger partial charge in [-0.3, -0.25) is 0 Å². The lowest BCUT2D eigenvalue weighted by Gasteiger charge is -2.42. The zero-order valence-corrected chi connectivity index (χ0v) is 14.9. The fraction of sp³-hybridized carbons (Fsp3) is 0.824. The molecular weight excluding hydrogens is 280 g/mol. The van der Waals surface area contributed by atoms with E-state index in [0.29, 0.717) is 5.92 Å². The number of nitrogens with one attached hydrogen (secondary N) is 1. The summed E-state index contributed by atoms with van der Waals surface area (Å²) in [4.78, 5) is 4.96. The molecule has 0 spiro atoms. The van der Waals surface area contributed by atoms with Crippen molar-refractivity contribution in [3.63, 3.8) is 0 Å². The monoisotopic (exact) mass is 310 g/mol. The van der Waals surface area contributed by atoms with Crippen LogP contribution in [0.4, 0.5) is 0 Å². The van der Waals surface area contributed by atoms with Crippen LogP contribution < -0.4 is 5.32 Å². The summed E-state index contributed by atoms with van der Waals surface area (Å²) >= 11 is 1.83. The standard InChI is InChI=1S/C17H30N2OS/c1-12(2)15-11-21-16(19-15)17(18-8-9-20-5)7-6-13(3)14(4)10-17/h11-14,18H,6-10H2,1-5H3. The lowest BCUT2D eigenvalue weighted by atomic mass is 9.71. The highest BCUT2D eigenvalue weighted by Gasteiger charge is 2.41. The molecule has 1 aromatic rings. The lowest BCUT2D eigenvalue weighted by Crippen LogP contribution is -2.48. The molecule has 0 aliphatic heterocycles. The molecule has 0 aromatic carbocycles. The van der Waals surface area contributed by atoms with Crippen LogP contribution >= 0.6 is 11.3 Å². The molecule has 1 fully saturated rings. The van der Waals surface area contributed by atoms with Crippen LogP contribution in [0.2, 0.25) is 0 Å². The van der Waals surface area contributed by atoms with Crippen molar-refractivity contribution in [1.29, 1.82) is 0 Å². The summed E-state index contributed by atoms with van der Waals surface area (Å²) in [5.41, 5.74) is 1.29. The molecule has 1 saturated carbocycles. The molecule has 4 heteroatoms. The van der Waals surface area contributed by atoms with Gasteiger partial charge in [-0.05, 0) is 37.0 Å². The highest BCUT2D eigenvalue weighted by Crippen LogP contribution is 2.43. The molecular formula is C17H30N2OS. The quantitative estimate of drug-likeness (QED) is 0.801. The van der Waals surface area contributed by atoms with Crippen molar-refractivity contribution in [2.45, 2.75) is 58.4 Å². The largest absolute Gasteiger partial charge is 0.383 e. The van der Waals surface area contributed by atoms with Crippen LogP contribution in [0.15, 0.2) is 5.38 Å². The smallest absolute Gasteiger partial charge is 0.113 e. The average Bonchev–Trinajstić information content (AvgIpc) is 2.94. The molecule has 120 valence electrons. The molecule has 0 saturated heterocycles. The Balaban J connectivity index is 2.22. The van der Waals surface area contributed by atoms with E-state index >= 15 is 0 Å². The third kappa shape index (κ3) is 3.85. The molecule has 1 heterocycles. The minimum Gasteiger partial charge on any atom is -0.383 e. The third-order valence-electron chi connectivity index (χ3n) is 4.96. The van der Waals surface area contributed by atoms with Crippen LogP contribution in [-0.4, -0.2) is 25.2 Å². The number of hydrogen-bond acceptors (Lipinski definition) is 4. The first-order valence-electron chi connectivity index (χ1n) is 8.18. The topological polar surface area (TPSA) is 34.1 Å². The van der Waals surface area contributed by atoms with Crippen molar-refractivity contribution in [3.8, 4) is 0 Å². The first-order valence-corrected chi connectivity index (χ1v) is 9.06. The Morgan fingerprint density at radius 3 is 2.76 bits per heavy atom. The number of methoxy groups -OCH3 is 1. The molecule has 0 bridgehead atoms. The highest BCUT2D eigenvalue weighted by atomic mass is 32.1. The molecule has 21 heavy (non-hydrogen) atoms. The minimum atomic E-state index is 0.0578. The summed E-state index contributed by atoms with van der Waals surface area (Å²) in [6.07, 6.45) is 3.65. The van der Waals surface area contributed by atoms with E-state index in [1.54, 1.807) is 7.11 Å². The van der Waals surface area contributed by atoms with Gasteiger partial charge >= 0.3 is 0 Å². The van der Waals surface area contributed by atoms with Crippen molar-refractivity contribution in [2.24, 2.45) is 11.8 Å². The fourth-order valence-electron chi connectivity index (χ4n) is 3.21. The Morgan fingerprint density at radius 1 is 1.43 bits per heavy atom. The summed E-state index contributed by atoms with van der Waals surface area (Å²) in [6, 6.07) is 0. The van der Waals surface area contributed by atoms with Crippen molar-refractivity contribution >= 4 is 11.3 Å². The Morgan fingerprint density at radius 2 is 2.19 bits per heavy atom. The lowest BCUT2D eigenvalue weighted by molar-refractivity contribution is 0.122. The SMILES string of the molecule is COCCNC1(c2nc(C(C)C)cs2)CCC(C)C(C)C1. The van der Waals surface area contributed by atoms with Gasteiger partial charge in [-0.1, -0.05) is 27.7 Å². The minimum absolute atomic E-state index is 0.0578. The molecule has 1 N–H and O–H groups in total. The molecule has 1 aliphatic rings. The predicted molar refractivity (Wildman–Crippen MR) is 89.9 cm³/mol. The van der Waals surface area contributed by atoms with Crippen LogP contribution in [0.3, 0.4) is 0 Å². The Kier molecular flexibility index (Phi) is 5.81. The van der Waals surface area contributed by atoms with Crippen LogP contribution in [0.5, 0.6) is 0 Å². The van der Waals surface area contributed by atoms with Gasteiger partial charge in [0.1, 0.15) is 5.01 Å². The van der Waals surface area contributed by atoms with E-state index in [1.807, 2.05) is 11.3 Å². The molecule has 3 atom stereocenters. The van der Waals surface area contributed by atoms with Gasteiger partial charge in [0.2, 0.25) is 0 Å². The number of aromatic nitrogens is 1. The van der Waals surface area contributed by atoms with E-state index in [0.717, 1.165) is 25.0 Å². The summed E-state index contributed by atoms with van der Waals surface area (Å²) < 4.78 is 5.23. The molecule has 3 nitrogen and oxygen atoms in total. The normalized spacial score (nSPS) is 30.0. The van der Waals surface area contributed by atoms with Crippen molar-refractivity contribution in [3.05, 3.63) is 16.1 Å². The van der Waals surface area contributed by atoms with Gasteiger partial charge in [0.25, 0.3) is 0 Å². The zero-order chi connectivity index (χ0) is 15.5. The maximum Gasteiger partial charge on any atom is 0.113 e. The van der Waals surface area contributed by atoms with Crippen LogP contribution in [0.25, 0.3) is 0 Å². The average molecular weight is 311 g/mol.